The molecule has 4 rings (SSSR count). The minimum absolute atomic E-state index is 0.279. The molecule has 116 valence electrons. The van der Waals surface area contributed by atoms with Gasteiger partial charge in [-0.2, -0.15) is 0 Å². The molecule has 0 atom stereocenters. The number of carboxylic acid groups (broad SMARTS) is 1. The summed E-state index contributed by atoms with van der Waals surface area (Å²) in [6.45, 7) is 0. The molecule has 0 unspecified atom stereocenters. The van der Waals surface area contributed by atoms with Gasteiger partial charge in [0.15, 0.2) is 0 Å². The molecule has 0 saturated carbocycles. The monoisotopic (exact) mass is 314 g/mol. The first-order valence-electron chi connectivity index (χ1n) is 7.61. The van der Waals surface area contributed by atoms with Crippen molar-refractivity contribution in [2.24, 2.45) is 0 Å². The van der Waals surface area contributed by atoms with E-state index in [2.05, 4.69) is 9.97 Å². The summed E-state index contributed by atoms with van der Waals surface area (Å²) in [6, 6.07) is 22.5. The van der Waals surface area contributed by atoms with Crippen molar-refractivity contribution < 1.29 is 9.90 Å². The summed E-state index contributed by atoms with van der Waals surface area (Å²) in [5, 5.41) is 9.48. The van der Waals surface area contributed by atoms with E-state index >= 15 is 0 Å². The molecule has 2 N–H and O–H groups in total. The molecule has 0 fully saturated rings. The van der Waals surface area contributed by atoms with Gasteiger partial charge in [-0.05, 0) is 29.3 Å². The number of carbonyl (C=O) groups is 1. The standard InChI is InChI=1S/C20H14N2O2/c23-20(24)16-10-4-2-8-14(16)13-7-1-3-9-15(13)19-21-17-11-5-6-12-18(17)22-19/h1-12H,(H,21,22)(H,23,24). The third-order valence-corrected chi connectivity index (χ3v) is 4.02. The van der Waals surface area contributed by atoms with E-state index < -0.39 is 5.97 Å². The molecule has 0 aliphatic carbocycles. The van der Waals surface area contributed by atoms with Gasteiger partial charge in [0, 0.05) is 5.56 Å². The maximum Gasteiger partial charge on any atom is 0.336 e. The number of aromatic carboxylic acids is 1. The summed E-state index contributed by atoms with van der Waals surface area (Å²) in [6.07, 6.45) is 0. The summed E-state index contributed by atoms with van der Waals surface area (Å²) in [5.74, 6) is -0.211. The van der Waals surface area contributed by atoms with Crippen LogP contribution in [0.25, 0.3) is 33.5 Å². The molecule has 0 bridgehead atoms. The second kappa shape index (κ2) is 5.66. The Labute approximate surface area is 138 Å². The fourth-order valence-corrected chi connectivity index (χ4v) is 2.91. The van der Waals surface area contributed by atoms with Crippen LogP contribution in [-0.2, 0) is 0 Å². The molecular weight excluding hydrogens is 300 g/mol. The van der Waals surface area contributed by atoms with Crippen molar-refractivity contribution >= 4 is 17.0 Å². The predicted molar refractivity (Wildman–Crippen MR) is 93.9 cm³/mol. The number of hydrogen-bond donors (Lipinski definition) is 2. The summed E-state index contributed by atoms with van der Waals surface area (Å²) in [4.78, 5) is 19.5. The van der Waals surface area contributed by atoms with E-state index in [1.807, 2.05) is 60.7 Å². The first-order chi connectivity index (χ1) is 11.7. The highest BCUT2D eigenvalue weighted by atomic mass is 16.4. The van der Waals surface area contributed by atoms with Crippen LogP contribution in [0.1, 0.15) is 10.4 Å². The minimum Gasteiger partial charge on any atom is -0.478 e. The van der Waals surface area contributed by atoms with Crippen molar-refractivity contribution in [2.75, 3.05) is 0 Å². The van der Waals surface area contributed by atoms with Crippen molar-refractivity contribution in [3.8, 4) is 22.5 Å². The fourth-order valence-electron chi connectivity index (χ4n) is 2.91. The molecule has 1 aromatic heterocycles. The summed E-state index contributed by atoms with van der Waals surface area (Å²) in [7, 11) is 0. The Hall–Kier alpha value is -3.40. The van der Waals surface area contributed by atoms with Gasteiger partial charge in [-0.25, -0.2) is 9.78 Å². The Kier molecular flexibility index (Phi) is 3.35. The fraction of sp³-hybridized carbons (Fsp3) is 0. The van der Waals surface area contributed by atoms with Crippen LogP contribution in [0.2, 0.25) is 0 Å². The number of aromatic nitrogens is 2. The SMILES string of the molecule is O=C(O)c1ccccc1-c1ccccc1-c1nc2ccccc2[nH]1. The third kappa shape index (κ3) is 2.34. The molecule has 4 nitrogen and oxygen atoms in total. The van der Waals surface area contributed by atoms with Gasteiger partial charge in [-0.1, -0.05) is 54.6 Å². The number of para-hydroxylation sites is 2. The number of carboxylic acids is 1. The van der Waals surface area contributed by atoms with Gasteiger partial charge < -0.3 is 10.1 Å². The van der Waals surface area contributed by atoms with Crippen molar-refractivity contribution in [3.63, 3.8) is 0 Å². The Balaban J connectivity index is 1.95. The molecule has 4 heteroatoms. The second-order valence-electron chi connectivity index (χ2n) is 5.50. The molecule has 24 heavy (non-hydrogen) atoms. The van der Waals surface area contributed by atoms with Crippen molar-refractivity contribution in [1.82, 2.24) is 9.97 Å². The van der Waals surface area contributed by atoms with Gasteiger partial charge >= 0.3 is 5.97 Å². The highest BCUT2D eigenvalue weighted by Crippen LogP contribution is 2.33. The molecule has 0 spiro atoms. The van der Waals surface area contributed by atoms with Gasteiger partial charge in [0.05, 0.1) is 16.6 Å². The van der Waals surface area contributed by atoms with Crippen LogP contribution in [0.4, 0.5) is 0 Å². The van der Waals surface area contributed by atoms with E-state index in [0.29, 0.717) is 5.56 Å². The van der Waals surface area contributed by atoms with E-state index in [9.17, 15) is 9.90 Å². The lowest BCUT2D eigenvalue weighted by Crippen LogP contribution is -2.00. The molecule has 0 radical (unpaired) electrons. The summed E-state index contributed by atoms with van der Waals surface area (Å²) in [5.41, 5.74) is 4.52. The van der Waals surface area contributed by atoms with Gasteiger partial charge in [0.1, 0.15) is 5.82 Å². The van der Waals surface area contributed by atoms with Crippen LogP contribution in [0.15, 0.2) is 72.8 Å². The van der Waals surface area contributed by atoms with Crippen LogP contribution in [0.3, 0.4) is 0 Å². The quantitative estimate of drug-likeness (QED) is 0.581. The first kappa shape index (κ1) is 14.2. The highest BCUT2D eigenvalue weighted by Gasteiger charge is 2.16. The molecular formula is C20H14N2O2. The molecule has 0 aliphatic heterocycles. The zero-order valence-corrected chi connectivity index (χ0v) is 12.7. The smallest absolute Gasteiger partial charge is 0.336 e. The van der Waals surface area contributed by atoms with Crippen molar-refractivity contribution in [1.29, 1.82) is 0 Å². The maximum atomic E-state index is 11.6. The lowest BCUT2D eigenvalue weighted by atomic mass is 9.95. The van der Waals surface area contributed by atoms with E-state index in [1.54, 1.807) is 12.1 Å². The van der Waals surface area contributed by atoms with E-state index in [-0.39, 0.29) is 5.56 Å². The van der Waals surface area contributed by atoms with E-state index in [1.165, 1.54) is 0 Å². The van der Waals surface area contributed by atoms with Crippen molar-refractivity contribution in [2.45, 2.75) is 0 Å². The van der Waals surface area contributed by atoms with Crippen LogP contribution in [0.5, 0.6) is 0 Å². The molecule has 0 amide bonds. The lowest BCUT2D eigenvalue weighted by molar-refractivity contribution is 0.0697. The normalized spacial score (nSPS) is 10.8. The second-order valence-corrected chi connectivity index (χ2v) is 5.50. The highest BCUT2D eigenvalue weighted by molar-refractivity contribution is 5.98. The largest absolute Gasteiger partial charge is 0.478 e. The van der Waals surface area contributed by atoms with Gasteiger partial charge in [-0.15, -0.1) is 0 Å². The number of nitrogens with zero attached hydrogens (tertiary/aromatic N) is 1. The minimum atomic E-state index is -0.940. The average Bonchev–Trinajstić information content (AvgIpc) is 3.05. The van der Waals surface area contributed by atoms with E-state index in [0.717, 1.165) is 28.0 Å². The molecule has 0 aliphatic rings. The van der Waals surface area contributed by atoms with Crippen LogP contribution >= 0.6 is 0 Å². The van der Waals surface area contributed by atoms with Gasteiger partial charge in [-0.3, -0.25) is 0 Å². The number of aromatic amines is 1. The predicted octanol–water partition coefficient (Wildman–Crippen LogP) is 4.60. The van der Waals surface area contributed by atoms with Gasteiger partial charge in [0.25, 0.3) is 0 Å². The Morgan fingerprint density at radius 1 is 0.792 bits per heavy atom. The molecule has 0 saturated heterocycles. The number of hydrogen-bond acceptors (Lipinski definition) is 2. The average molecular weight is 314 g/mol. The molecule has 1 heterocycles. The Bertz CT molecular complexity index is 1020. The van der Waals surface area contributed by atoms with Crippen LogP contribution in [0, 0.1) is 0 Å². The third-order valence-electron chi connectivity index (χ3n) is 4.02. The van der Waals surface area contributed by atoms with E-state index in [4.69, 9.17) is 0 Å². The number of nitrogens with one attached hydrogen (secondary N) is 1. The molecule has 4 aromatic rings. The number of fused-ring (bicyclic) bond motifs is 1. The molecule has 3 aromatic carbocycles. The van der Waals surface area contributed by atoms with Crippen LogP contribution in [-0.4, -0.2) is 21.0 Å². The Morgan fingerprint density at radius 3 is 2.17 bits per heavy atom. The van der Waals surface area contributed by atoms with Crippen molar-refractivity contribution in [3.05, 3.63) is 78.4 Å². The topological polar surface area (TPSA) is 66.0 Å². The maximum absolute atomic E-state index is 11.6. The number of rotatable bonds is 3. The zero-order valence-electron chi connectivity index (χ0n) is 12.7. The summed E-state index contributed by atoms with van der Waals surface area (Å²) < 4.78 is 0. The zero-order chi connectivity index (χ0) is 16.5. The number of benzene rings is 3. The van der Waals surface area contributed by atoms with Crippen LogP contribution < -0.4 is 0 Å². The first-order valence-corrected chi connectivity index (χ1v) is 7.61. The summed E-state index contributed by atoms with van der Waals surface area (Å²) >= 11 is 0. The van der Waals surface area contributed by atoms with Gasteiger partial charge in [0.2, 0.25) is 0 Å². The lowest BCUT2D eigenvalue weighted by Gasteiger charge is -2.10. The number of H-pyrrole nitrogens is 1. The Morgan fingerprint density at radius 2 is 1.42 bits per heavy atom. The number of imidazole rings is 1.